The van der Waals surface area contributed by atoms with Crippen LogP contribution in [0.3, 0.4) is 0 Å². The van der Waals surface area contributed by atoms with Gasteiger partial charge in [-0.25, -0.2) is 0 Å². The van der Waals surface area contributed by atoms with E-state index in [0.717, 1.165) is 40.7 Å². The molecule has 1 fully saturated rings. The monoisotopic (exact) mass is 384 g/mol. The molecule has 1 amide bonds. The van der Waals surface area contributed by atoms with Crippen LogP contribution in [0.25, 0.3) is 10.9 Å². The Morgan fingerprint density at radius 2 is 1.93 bits per heavy atom. The van der Waals surface area contributed by atoms with Gasteiger partial charge in [0.25, 0.3) is 0 Å². The fourth-order valence-electron chi connectivity index (χ4n) is 3.45. The molecule has 0 unspecified atom stereocenters. The molecule has 1 aliphatic carbocycles. The van der Waals surface area contributed by atoms with Crippen molar-refractivity contribution < 1.29 is 11.3 Å². The number of halogens is 1. The Balaban J connectivity index is 0.00000225. The molecule has 1 aliphatic rings. The second kappa shape index (κ2) is 6.03. The summed E-state index contributed by atoms with van der Waals surface area (Å²) in [4.78, 5) is 16.4. The number of H-pyrrole nitrogens is 1. The molecule has 4 nitrogen and oxygen atoms in total. The number of hydrogen-bond acceptors (Lipinski definition) is 2. The van der Waals surface area contributed by atoms with Gasteiger partial charge in [-0.2, -0.15) is 0 Å². The molecule has 2 aromatic carbocycles. The minimum absolute atomic E-state index is 0. The first-order chi connectivity index (χ1) is 12.7. The van der Waals surface area contributed by atoms with Gasteiger partial charge < -0.3 is 15.4 Å². The first-order valence-corrected chi connectivity index (χ1v) is 9.51. The molecule has 0 spiro atoms. The van der Waals surface area contributed by atoms with E-state index in [0.29, 0.717) is 5.02 Å². The van der Waals surface area contributed by atoms with Crippen molar-refractivity contribution in [2.75, 3.05) is 5.32 Å². The Kier molecular flexibility index (Phi) is 4.00. The zero-order valence-electron chi connectivity index (χ0n) is 15.7. The molecule has 3 N–H and O–H groups in total. The first kappa shape index (κ1) is 17.9. The van der Waals surface area contributed by atoms with Gasteiger partial charge in [0.15, 0.2) is 0 Å². The van der Waals surface area contributed by atoms with Gasteiger partial charge in [-0.05, 0) is 54.8 Å². The third kappa shape index (κ3) is 3.19. The van der Waals surface area contributed by atoms with Crippen LogP contribution in [-0.4, -0.2) is 16.0 Å². The lowest BCUT2D eigenvalue weighted by molar-refractivity contribution is -0.118. The van der Waals surface area contributed by atoms with E-state index in [4.69, 9.17) is 11.6 Å². The number of nitrogens with one attached hydrogen (secondary N) is 2. The highest BCUT2D eigenvalue weighted by atomic mass is 35.5. The Morgan fingerprint density at radius 1 is 1.19 bits per heavy atom. The molecular weight excluding hydrogens is 360 g/mol. The highest BCUT2D eigenvalue weighted by Gasteiger charge is 2.51. The van der Waals surface area contributed by atoms with E-state index in [9.17, 15) is 9.90 Å². The van der Waals surface area contributed by atoms with E-state index in [1.807, 2.05) is 24.3 Å². The van der Waals surface area contributed by atoms with Crippen molar-refractivity contribution in [2.24, 2.45) is 0 Å². The Hall–Kier alpha value is -2.46. The van der Waals surface area contributed by atoms with E-state index < -0.39 is 5.41 Å². The zero-order valence-corrected chi connectivity index (χ0v) is 16.4. The van der Waals surface area contributed by atoms with E-state index in [2.05, 4.69) is 37.1 Å². The normalized spacial score (nSPS) is 15.7. The molecule has 142 valence electrons. The van der Waals surface area contributed by atoms with Gasteiger partial charge in [0, 0.05) is 29.1 Å². The smallest absolute Gasteiger partial charge is 0.235 e. The van der Waals surface area contributed by atoms with Crippen molar-refractivity contribution in [3.05, 3.63) is 58.7 Å². The number of hydrogen-bond donors (Lipinski definition) is 3. The third-order valence-corrected chi connectivity index (χ3v) is 5.69. The van der Waals surface area contributed by atoms with Crippen LogP contribution in [0, 0.1) is 0 Å². The number of aromatic amines is 1. The summed E-state index contributed by atoms with van der Waals surface area (Å²) in [7, 11) is 0. The molecule has 0 radical (unpaired) electrons. The molecule has 1 saturated carbocycles. The number of aromatic hydroxyl groups is 1. The van der Waals surface area contributed by atoms with Crippen LogP contribution in [0.1, 0.15) is 46.3 Å². The lowest BCUT2D eigenvalue weighted by Crippen LogP contribution is -2.27. The molecule has 0 bridgehead atoms. The maximum Gasteiger partial charge on any atom is 0.235 e. The fourth-order valence-corrected chi connectivity index (χ4v) is 3.56. The summed E-state index contributed by atoms with van der Waals surface area (Å²) in [6.45, 7) is 6.50. The SMILES string of the molecule is CC(C)(C)c1cc2cc(NC(=O)C3(c4ccc(Cl)c(O)c4)CC3)ccc2[nH]1.[HH]. The van der Waals surface area contributed by atoms with Gasteiger partial charge in [-0.3, -0.25) is 4.79 Å². The molecule has 1 aromatic heterocycles. The summed E-state index contributed by atoms with van der Waals surface area (Å²) in [6, 6.07) is 13.1. The summed E-state index contributed by atoms with van der Waals surface area (Å²) in [6.07, 6.45) is 1.53. The number of aromatic nitrogens is 1. The number of carbonyl (C=O) groups is 1. The van der Waals surface area contributed by atoms with Crippen molar-refractivity contribution >= 4 is 34.1 Å². The molecule has 4 rings (SSSR count). The second-order valence-electron chi connectivity index (χ2n) is 8.44. The first-order valence-electron chi connectivity index (χ1n) is 9.13. The maximum absolute atomic E-state index is 13.0. The lowest BCUT2D eigenvalue weighted by Gasteiger charge is -2.16. The second-order valence-corrected chi connectivity index (χ2v) is 8.84. The average Bonchev–Trinajstić information content (AvgIpc) is 3.29. The van der Waals surface area contributed by atoms with Gasteiger partial charge in [0.05, 0.1) is 10.4 Å². The molecule has 0 atom stereocenters. The van der Waals surface area contributed by atoms with Gasteiger partial charge in [0.1, 0.15) is 5.75 Å². The molecule has 5 heteroatoms. The standard InChI is InChI=1S/C22H23ClN2O2.H2/c1-21(2,3)19-11-13-10-15(5-7-17(13)25-19)24-20(27)22(8-9-22)14-4-6-16(23)18(26)12-14;/h4-7,10-12,25-26H,8-9H2,1-3H3,(H,24,27);1H. The van der Waals surface area contributed by atoms with Crippen molar-refractivity contribution in [3.63, 3.8) is 0 Å². The Bertz CT molecular complexity index is 1050. The molecule has 0 aliphatic heterocycles. The van der Waals surface area contributed by atoms with Crippen LogP contribution in [0.15, 0.2) is 42.5 Å². The van der Waals surface area contributed by atoms with Crippen LogP contribution >= 0.6 is 11.6 Å². The van der Waals surface area contributed by atoms with Crippen molar-refractivity contribution in [1.29, 1.82) is 0 Å². The quantitative estimate of drug-likeness (QED) is 0.539. The minimum Gasteiger partial charge on any atom is -0.506 e. The van der Waals surface area contributed by atoms with Gasteiger partial charge in [-0.15, -0.1) is 0 Å². The Labute approximate surface area is 165 Å². The van der Waals surface area contributed by atoms with Crippen LogP contribution in [-0.2, 0) is 15.6 Å². The number of phenolic OH excluding ortho intramolecular Hbond substituents is 1. The minimum atomic E-state index is -0.578. The van der Waals surface area contributed by atoms with Gasteiger partial charge in [-0.1, -0.05) is 38.4 Å². The van der Waals surface area contributed by atoms with Crippen LogP contribution in [0.2, 0.25) is 5.02 Å². The largest absolute Gasteiger partial charge is 0.506 e. The van der Waals surface area contributed by atoms with Crippen LogP contribution < -0.4 is 5.32 Å². The molecule has 3 aromatic rings. The van der Waals surface area contributed by atoms with Crippen molar-refractivity contribution in [3.8, 4) is 5.75 Å². The molecular formula is C22H25ClN2O2. The third-order valence-electron chi connectivity index (χ3n) is 5.37. The summed E-state index contributed by atoms with van der Waals surface area (Å²) in [5.74, 6) is -0.0353. The predicted molar refractivity (Wildman–Crippen MR) is 112 cm³/mol. The predicted octanol–water partition coefficient (Wildman–Crippen LogP) is 5.74. The number of rotatable bonds is 3. The summed E-state index contributed by atoms with van der Waals surface area (Å²) < 4.78 is 0. The van der Waals surface area contributed by atoms with Gasteiger partial charge >= 0.3 is 0 Å². The molecule has 27 heavy (non-hydrogen) atoms. The van der Waals surface area contributed by atoms with Crippen LogP contribution in [0.4, 0.5) is 5.69 Å². The average molecular weight is 385 g/mol. The Morgan fingerprint density at radius 3 is 2.56 bits per heavy atom. The number of fused-ring (bicyclic) bond motifs is 1. The van der Waals surface area contributed by atoms with Crippen LogP contribution in [0.5, 0.6) is 5.75 Å². The van der Waals surface area contributed by atoms with Crippen molar-refractivity contribution in [2.45, 2.75) is 44.4 Å². The number of benzene rings is 2. The number of carbonyl (C=O) groups excluding carboxylic acids is 1. The molecule has 0 saturated heterocycles. The number of anilines is 1. The zero-order chi connectivity index (χ0) is 19.4. The highest BCUT2D eigenvalue weighted by Crippen LogP contribution is 2.50. The maximum atomic E-state index is 13.0. The van der Waals surface area contributed by atoms with E-state index in [1.54, 1.807) is 12.1 Å². The highest BCUT2D eigenvalue weighted by molar-refractivity contribution is 6.32. The number of amides is 1. The summed E-state index contributed by atoms with van der Waals surface area (Å²) in [5.41, 5.74) is 3.26. The summed E-state index contributed by atoms with van der Waals surface area (Å²) >= 11 is 5.90. The van der Waals surface area contributed by atoms with Gasteiger partial charge in [0.2, 0.25) is 5.91 Å². The number of phenols is 1. The topological polar surface area (TPSA) is 65.1 Å². The lowest BCUT2D eigenvalue weighted by atomic mass is 9.92. The summed E-state index contributed by atoms with van der Waals surface area (Å²) in [5, 5.41) is 14.3. The van der Waals surface area contributed by atoms with E-state index >= 15 is 0 Å². The van der Waals surface area contributed by atoms with E-state index in [1.165, 1.54) is 0 Å². The fraction of sp³-hybridized carbons (Fsp3) is 0.318. The van der Waals surface area contributed by atoms with Crippen molar-refractivity contribution in [1.82, 2.24) is 4.98 Å². The van der Waals surface area contributed by atoms with E-state index in [-0.39, 0.29) is 18.5 Å². The molecule has 1 heterocycles.